The Balaban J connectivity index is 2.16. The molecule has 3 nitrogen and oxygen atoms in total. The maximum absolute atomic E-state index is 4.01. The largest absolute Gasteiger partial charge is 0.320 e. The molecule has 0 aliphatic carbocycles. The average molecular weight is 207 g/mol. The van der Waals surface area contributed by atoms with E-state index in [4.69, 9.17) is 0 Å². The quantitative estimate of drug-likeness (QED) is 0.687. The molecule has 84 valence electrons. The van der Waals surface area contributed by atoms with Crippen LogP contribution in [0.2, 0.25) is 0 Å². The molecule has 0 fully saturated rings. The normalized spacial score (nSPS) is 10.9. The van der Waals surface area contributed by atoms with Crippen LogP contribution in [0.4, 0.5) is 0 Å². The standard InChI is InChI=1S/C12H21N3/c1-13-7-3-4-10-15(2)11-12-5-8-14-9-6-12/h5-6,8-9,13H,3-4,7,10-11H2,1-2H3. The first kappa shape index (κ1) is 12.1. The van der Waals surface area contributed by atoms with E-state index in [-0.39, 0.29) is 0 Å². The zero-order chi connectivity index (χ0) is 10.9. The van der Waals surface area contributed by atoms with Gasteiger partial charge in [0, 0.05) is 18.9 Å². The molecule has 0 saturated heterocycles. The second-order valence-corrected chi connectivity index (χ2v) is 3.90. The summed E-state index contributed by atoms with van der Waals surface area (Å²) >= 11 is 0. The molecule has 1 heterocycles. The lowest BCUT2D eigenvalue weighted by Gasteiger charge is -2.16. The van der Waals surface area contributed by atoms with Gasteiger partial charge in [0.25, 0.3) is 0 Å². The summed E-state index contributed by atoms with van der Waals surface area (Å²) in [7, 11) is 4.17. The Kier molecular flexibility index (Phi) is 5.97. The Labute approximate surface area is 92.5 Å². The van der Waals surface area contributed by atoms with Gasteiger partial charge in [-0.25, -0.2) is 0 Å². The fourth-order valence-corrected chi connectivity index (χ4v) is 1.56. The van der Waals surface area contributed by atoms with Crippen LogP contribution in [0.25, 0.3) is 0 Å². The summed E-state index contributed by atoms with van der Waals surface area (Å²) < 4.78 is 0. The van der Waals surface area contributed by atoms with Gasteiger partial charge in [-0.3, -0.25) is 4.98 Å². The summed E-state index contributed by atoms with van der Waals surface area (Å²) in [4.78, 5) is 6.36. The summed E-state index contributed by atoms with van der Waals surface area (Å²) in [5.74, 6) is 0. The van der Waals surface area contributed by atoms with E-state index in [1.807, 2.05) is 19.4 Å². The first-order valence-corrected chi connectivity index (χ1v) is 5.55. The van der Waals surface area contributed by atoms with E-state index in [0.29, 0.717) is 0 Å². The third-order valence-corrected chi connectivity index (χ3v) is 2.42. The van der Waals surface area contributed by atoms with E-state index in [1.165, 1.54) is 18.4 Å². The van der Waals surface area contributed by atoms with Gasteiger partial charge in [0.05, 0.1) is 0 Å². The Bertz CT molecular complexity index is 248. The summed E-state index contributed by atoms with van der Waals surface area (Å²) in [6.07, 6.45) is 6.20. The SMILES string of the molecule is CNCCCCN(C)Cc1ccncc1. The number of hydrogen-bond acceptors (Lipinski definition) is 3. The Hall–Kier alpha value is -0.930. The summed E-state index contributed by atoms with van der Waals surface area (Å²) in [6.45, 7) is 3.29. The molecule has 0 bridgehead atoms. The van der Waals surface area contributed by atoms with Crippen molar-refractivity contribution in [3.63, 3.8) is 0 Å². The Morgan fingerprint density at radius 1 is 1.27 bits per heavy atom. The van der Waals surface area contributed by atoms with Crippen LogP contribution < -0.4 is 5.32 Å². The minimum atomic E-state index is 1.02. The van der Waals surface area contributed by atoms with E-state index in [1.54, 1.807) is 0 Å². The molecule has 0 radical (unpaired) electrons. The van der Waals surface area contributed by atoms with Crippen molar-refractivity contribution in [2.75, 3.05) is 27.2 Å². The number of nitrogens with one attached hydrogen (secondary N) is 1. The number of aromatic nitrogens is 1. The molecule has 0 amide bonds. The molecule has 1 aromatic heterocycles. The van der Waals surface area contributed by atoms with Crippen molar-refractivity contribution < 1.29 is 0 Å². The van der Waals surface area contributed by atoms with Crippen LogP contribution in [0.1, 0.15) is 18.4 Å². The average Bonchev–Trinajstić information content (AvgIpc) is 2.26. The van der Waals surface area contributed by atoms with Gasteiger partial charge in [0.15, 0.2) is 0 Å². The minimum absolute atomic E-state index is 1.02. The molecule has 3 heteroatoms. The molecule has 0 aliphatic rings. The highest BCUT2D eigenvalue weighted by Crippen LogP contribution is 2.02. The topological polar surface area (TPSA) is 28.2 Å². The van der Waals surface area contributed by atoms with Crippen molar-refractivity contribution in [3.05, 3.63) is 30.1 Å². The van der Waals surface area contributed by atoms with Crippen molar-refractivity contribution in [3.8, 4) is 0 Å². The zero-order valence-electron chi connectivity index (χ0n) is 9.74. The number of hydrogen-bond donors (Lipinski definition) is 1. The van der Waals surface area contributed by atoms with Crippen molar-refractivity contribution in [2.24, 2.45) is 0 Å². The van der Waals surface area contributed by atoms with E-state index in [0.717, 1.165) is 19.6 Å². The minimum Gasteiger partial charge on any atom is -0.320 e. The zero-order valence-corrected chi connectivity index (χ0v) is 9.74. The monoisotopic (exact) mass is 207 g/mol. The number of unbranched alkanes of at least 4 members (excludes halogenated alkanes) is 1. The molecular formula is C12H21N3. The maximum atomic E-state index is 4.01. The molecule has 15 heavy (non-hydrogen) atoms. The lowest BCUT2D eigenvalue weighted by Crippen LogP contribution is -2.20. The van der Waals surface area contributed by atoms with Crippen LogP contribution in [0.5, 0.6) is 0 Å². The van der Waals surface area contributed by atoms with Crippen molar-refractivity contribution in [2.45, 2.75) is 19.4 Å². The van der Waals surface area contributed by atoms with Crippen LogP contribution in [-0.4, -0.2) is 37.1 Å². The molecule has 1 aromatic rings. The van der Waals surface area contributed by atoms with Gasteiger partial charge in [-0.05, 0) is 57.7 Å². The highest BCUT2D eigenvalue weighted by Gasteiger charge is 1.99. The maximum Gasteiger partial charge on any atom is 0.0271 e. The highest BCUT2D eigenvalue weighted by atomic mass is 15.1. The molecule has 1 rings (SSSR count). The fourth-order valence-electron chi connectivity index (χ4n) is 1.56. The summed E-state index contributed by atoms with van der Waals surface area (Å²) in [6, 6.07) is 4.15. The van der Waals surface area contributed by atoms with Crippen LogP contribution in [0.15, 0.2) is 24.5 Å². The van der Waals surface area contributed by atoms with Crippen molar-refractivity contribution in [1.82, 2.24) is 15.2 Å². The Morgan fingerprint density at radius 2 is 2.00 bits per heavy atom. The third kappa shape index (κ3) is 5.50. The fraction of sp³-hybridized carbons (Fsp3) is 0.583. The van der Waals surface area contributed by atoms with Gasteiger partial charge in [0.2, 0.25) is 0 Å². The lowest BCUT2D eigenvalue weighted by molar-refractivity contribution is 0.318. The molecular weight excluding hydrogens is 186 g/mol. The summed E-state index contributed by atoms with van der Waals surface area (Å²) in [5, 5.41) is 3.16. The number of nitrogens with zero attached hydrogens (tertiary/aromatic N) is 2. The molecule has 0 aromatic carbocycles. The van der Waals surface area contributed by atoms with Crippen molar-refractivity contribution >= 4 is 0 Å². The van der Waals surface area contributed by atoms with Gasteiger partial charge in [-0.15, -0.1) is 0 Å². The second kappa shape index (κ2) is 7.37. The molecule has 0 atom stereocenters. The number of pyridine rings is 1. The van der Waals surface area contributed by atoms with Gasteiger partial charge in [-0.1, -0.05) is 0 Å². The molecule has 0 spiro atoms. The number of rotatable bonds is 7. The first-order valence-electron chi connectivity index (χ1n) is 5.55. The second-order valence-electron chi connectivity index (χ2n) is 3.90. The molecule has 1 N–H and O–H groups in total. The van der Waals surface area contributed by atoms with E-state index in [9.17, 15) is 0 Å². The van der Waals surface area contributed by atoms with Crippen LogP contribution in [-0.2, 0) is 6.54 Å². The lowest BCUT2D eigenvalue weighted by atomic mass is 10.2. The smallest absolute Gasteiger partial charge is 0.0271 e. The van der Waals surface area contributed by atoms with Gasteiger partial charge in [-0.2, -0.15) is 0 Å². The van der Waals surface area contributed by atoms with Gasteiger partial charge < -0.3 is 10.2 Å². The predicted octanol–water partition coefficient (Wildman–Crippen LogP) is 1.51. The Morgan fingerprint density at radius 3 is 2.67 bits per heavy atom. The third-order valence-electron chi connectivity index (χ3n) is 2.42. The molecule has 0 unspecified atom stereocenters. The summed E-state index contributed by atoms with van der Waals surface area (Å²) in [5.41, 5.74) is 1.33. The van der Waals surface area contributed by atoms with E-state index >= 15 is 0 Å². The van der Waals surface area contributed by atoms with Gasteiger partial charge >= 0.3 is 0 Å². The molecule has 0 saturated carbocycles. The van der Waals surface area contributed by atoms with Crippen LogP contribution in [0.3, 0.4) is 0 Å². The predicted molar refractivity (Wildman–Crippen MR) is 63.7 cm³/mol. The van der Waals surface area contributed by atoms with Crippen LogP contribution >= 0.6 is 0 Å². The highest BCUT2D eigenvalue weighted by molar-refractivity contribution is 5.09. The molecule has 0 aliphatic heterocycles. The van der Waals surface area contributed by atoms with E-state index < -0.39 is 0 Å². The van der Waals surface area contributed by atoms with Crippen molar-refractivity contribution in [1.29, 1.82) is 0 Å². The van der Waals surface area contributed by atoms with Gasteiger partial charge in [0.1, 0.15) is 0 Å². The van der Waals surface area contributed by atoms with E-state index in [2.05, 4.69) is 34.4 Å². The first-order chi connectivity index (χ1) is 7.33. The van der Waals surface area contributed by atoms with Crippen LogP contribution in [0, 0.1) is 0 Å².